The van der Waals surface area contributed by atoms with Crippen LogP contribution in [0.25, 0.3) is 6.08 Å². The van der Waals surface area contributed by atoms with Crippen LogP contribution in [0.3, 0.4) is 0 Å². The third kappa shape index (κ3) is 2.86. The van der Waals surface area contributed by atoms with E-state index < -0.39 is 4.92 Å². The van der Waals surface area contributed by atoms with E-state index in [-0.39, 0.29) is 11.5 Å². The van der Waals surface area contributed by atoms with Crippen LogP contribution in [0.5, 0.6) is 0 Å². The predicted octanol–water partition coefficient (Wildman–Crippen LogP) is 2.95. The van der Waals surface area contributed by atoms with Crippen LogP contribution in [0.4, 0.5) is 5.69 Å². The molecule has 90 valence electrons. The van der Waals surface area contributed by atoms with E-state index in [1.54, 1.807) is 29.8 Å². The molecule has 0 spiro atoms. The molecule has 1 aromatic carbocycles. The molecule has 0 aliphatic heterocycles. The maximum absolute atomic E-state index is 11.6. The summed E-state index contributed by atoms with van der Waals surface area (Å²) in [7, 11) is 0. The number of hydrogen-bond acceptors (Lipinski definition) is 5. The maximum Gasteiger partial charge on any atom is 0.269 e. The molecule has 1 aromatic heterocycles. The van der Waals surface area contributed by atoms with Crippen molar-refractivity contribution in [1.29, 1.82) is 0 Å². The third-order valence-corrected chi connectivity index (χ3v) is 2.96. The molecule has 0 saturated heterocycles. The Morgan fingerprint density at radius 3 is 2.61 bits per heavy atom. The quantitative estimate of drug-likeness (QED) is 0.366. The zero-order chi connectivity index (χ0) is 13.0. The number of thiazole rings is 1. The average molecular weight is 260 g/mol. The van der Waals surface area contributed by atoms with E-state index in [0.29, 0.717) is 5.01 Å². The first-order chi connectivity index (χ1) is 8.66. The number of hydrogen-bond donors (Lipinski definition) is 0. The molecule has 6 heteroatoms. The Balaban J connectivity index is 2.09. The Labute approximate surface area is 107 Å². The van der Waals surface area contributed by atoms with Gasteiger partial charge >= 0.3 is 0 Å². The zero-order valence-corrected chi connectivity index (χ0v) is 9.96. The van der Waals surface area contributed by atoms with Crippen molar-refractivity contribution < 1.29 is 9.72 Å². The van der Waals surface area contributed by atoms with E-state index >= 15 is 0 Å². The van der Waals surface area contributed by atoms with Crippen LogP contribution in [0.15, 0.2) is 41.9 Å². The summed E-state index contributed by atoms with van der Waals surface area (Å²) >= 11 is 1.27. The van der Waals surface area contributed by atoms with Crippen molar-refractivity contribution >= 4 is 28.9 Å². The molecule has 2 aromatic rings. The Bertz CT molecular complexity index is 588. The molecule has 0 N–H and O–H groups in total. The molecule has 0 amide bonds. The van der Waals surface area contributed by atoms with Gasteiger partial charge in [0.05, 0.1) is 4.92 Å². The van der Waals surface area contributed by atoms with Crippen LogP contribution >= 0.6 is 11.3 Å². The molecule has 1 heterocycles. The van der Waals surface area contributed by atoms with E-state index in [0.717, 1.165) is 5.56 Å². The molecule has 0 aliphatic rings. The van der Waals surface area contributed by atoms with Crippen LogP contribution in [0.2, 0.25) is 0 Å². The van der Waals surface area contributed by atoms with Gasteiger partial charge in [0, 0.05) is 23.7 Å². The highest BCUT2D eigenvalue weighted by atomic mass is 32.1. The first-order valence-corrected chi connectivity index (χ1v) is 5.91. The summed E-state index contributed by atoms with van der Waals surface area (Å²) in [6.45, 7) is 0. The number of nitro benzene ring substituents is 1. The lowest BCUT2D eigenvalue weighted by atomic mass is 10.2. The SMILES string of the molecule is O=C(C=Cc1ccc([N+](=O)[O-])cc1)c1nccs1. The highest BCUT2D eigenvalue weighted by Crippen LogP contribution is 2.13. The second-order valence-electron chi connectivity index (χ2n) is 3.38. The topological polar surface area (TPSA) is 73.1 Å². The van der Waals surface area contributed by atoms with Crippen molar-refractivity contribution in [3.05, 3.63) is 62.6 Å². The molecule has 0 radical (unpaired) electrons. The number of non-ortho nitro benzene ring substituents is 1. The first-order valence-electron chi connectivity index (χ1n) is 5.03. The van der Waals surface area contributed by atoms with Crippen molar-refractivity contribution in [2.45, 2.75) is 0 Å². The van der Waals surface area contributed by atoms with Gasteiger partial charge in [0.25, 0.3) is 5.69 Å². The number of allylic oxidation sites excluding steroid dienone is 1. The number of nitrogens with zero attached hydrogens (tertiary/aromatic N) is 2. The second kappa shape index (κ2) is 5.33. The number of benzene rings is 1. The van der Waals surface area contributed by atoms with E-state index in [1.165, 1.54) is 29.5 Å². The number of carbonyl (C=O) groups is 1. The zero-order valence-electron chi connectivity index (χ0n) is 9.15. The first kappa shape index (κ1) is 12.1. The lowest BCUT2D eigenvalue weighted by Gasteiger charge is -1.93. The van der Waals surface area contributed by atoms with Gasteiger partial charge in [-0.25, -0.2) is 4.98 Å². The molecule has 0 aliphatic carbocycles. The largest absolute Gasteiger partial charge is 0.287 e. The second-order valence-corrected chi connectivity index (χ2v) is 4.28. The molecular formula is C12H8N2O3S. The van der Waals surface area contributed by atoms with E-state index in [4.69, 9.17) is 0 Å². The van der Waals surface area contributed by atoms with Crippen molar-refractivity contribution in [1.82, 2.24) is 4.98 Å². The lowest BCUT2D eigenvalue weighted by Crippen LogP contribution is -1.92. The third-order valence-electron chi connectivity index (χ3n) is 2.17. The van der Waals surface area contributed by atoms with Crippen molar-refractivity contribution in [3.8, 4) is 0 Å². The van der Waals surface area contributed by atoms with Crippen molar-refractivity contribution in [2.24, 2.45) is 0 Å². The van der Waals surface area contributed by atoms with Crippen LogP contribution in [-0.2, 0) is 0 Å². The van der Waals surface area contributed by atoms with Gasteiger partial charge in [-0.2, -0.15) is 0 Å². The summed E-state index contributed by atoms with van der Waals surface area (Å²) in [4.78, 5) is 25.5. The van der Waals surface area contributed by atoms with Crippen LogP contribution in [0.1, 0.15) is 15.4 Å². The number of aromatic nitrogens is 1. The summed E-state index contributed by atoms with van der Waals surface area (Å²) in [5.41, 5.74) is 0.754. The average Bonchev–Trinajstić information content (AvgIpc) is 2.90. The summed E-state index contributed by atoms with van der Waals surface area (Å²) in [5.74, 6) is -0.177. The molecule has 0 unspecified atom stereocenters. The fourth-order valence-corrected chi connectivity index (χ4v) is 1.85. The summed E-state index contributed by atoms with van der Waals surface area (Å²) in [6, 6.07) is 5.97. The fraction of sp³-hybridized carbons (Fsp3) is 0. The molecule has 5 nitrogen and oxygen atoms in total. The molecular weight excluding hydrogens is 252 g/mol. The minimum absolute atomic E-state index is 0.0263. The van der Waals surface area contributed by atoms with Gasteiger partial charge in [0.1, 0.15) is 0 Å². The van der Waals surface area contributed by atoms with Gasteiger partial charge in [-0.3, -0.25) is 14.9 Å². The highest BCUT2D eigenvalue weighted by molar-refractivity contribution is 7.11. The van der Waals surface area contributed by atoms with Crippen LogP contribution in [0, 0.1) is 10.1 Å². The molecule has 2 rings (SSSR count). The summed E-state index contributed by atoms with van der Waals surface area (Å²) in [5, 5.41) is 12.6. The molecule has 0 saturated carbocycles. The van der Waals surface area contributed by atoms with Crippen LogP contribution < -0.4 is 0 Å². The van der Waals surface area contributed by atoms with Gasteiger partial charge in [-0.05, 0) is 23.8 Å². The van der Waals surface area contributed by atoms with Crippen molar-refractivity contribution in [3.63, 3.8) is 0 Å². The van der Waals surface area contributed by atoms with Gasteiger partial charge in [0.15, 0.2) is 5.01 Å². The fourth-order valence-electron chi connectivity index (χ4n) is 1.30. The maximum atomic E-state index is 11.6. The highest BCUT2D eigenvalue weighted by Gasteiger charge is 2.05. The Morgan fingerprint density at radius 1 is 1.33 bits per heavy atom. The molecule has 18 heavy (non-hydrogen) atoms. The number of ketones is 1. The minimum atomic E-state index is -0.464. The van der Waals surface area contributed by atoms with Gasteiger partial charge in [-0.1, -0.05) is 6.08 Å². The van der Waals surface area contributed by atoms with E-state index in [9.17, 15) is 14.9 Å². The number of carbonyl (C=O) groups excluding carboxylic acids is 1. The molecule has 0 fully saturated rings. The minimum Gasteiger partial charge on any atom is -0.287 e. The lowest BCUT2D eigenvalue weighted by molar-refractivity contribution is -0.384. The van der Waals surface area contributed by atoms with E-state index in [2.05, 4.69) is 4.98 Å². The van der Waals surface area contributed by atoms with Gasteiger partial charge in [-0.15, -0.1) is 11.3 Å². The predicted molar refractivity (Wildman–Crippen MR) is 68.6 cm³/mol. The van der Waals surface area contributed by atoms with Gasteiger partial charge < -0.3 is 0 Å². The van der Waals surface area contributed by atoms with Gasteiger partial charge in [0.2, 0.25) is 5.78 Å². The smallest absolute Gasteiger partial charge is 0.269 e. The molecule has 0 atom stereocenters. The monoisotopic (exact) mass is 260 g/mol. The Kier molecular flexibility index (Phi) is 3.59. The normalized spacial score (nSPS) is 10.7. The molecule has 0 bridgehead atoms. The van der Waals surface area contributed by atoms with Crippen molar-refractivity contribution in [2.75, 3.05) is 0 Å². The standard InChI is InChI=1S/C12H8N2O3S/c15-11(12-13-7-8-18-12)6-3-9-1-4-10(5-2-9)14(16)17/h1-8H. The van der Waals surface area contributed by atoms with E-state index in [1.807, 2.05) is 0 Å². The Hall–Kier alpha value is -2.34. The number of rotatable bonds is 4. The number of nitro groups is 1. The summed E-state index contributed by atoms with van der Waals surface area (Å²) in [6.07, 6.45) is 4.57. The van der Waals surface area contributed by atoms with Crippen LogP contribution in [-0.4, -0.2) is 15.7 Å². The Morgan fingerprint density at radius 2 is 2.06 bits per heavy atom. The summed E-state index contributed by atoms with van der Waals surface area (Å²) < 4.78 is 0.